The third-order valence-corrected chi connectivity index (χ3v) is 5.24. The zero-order valence-corrected chi connectivity index (χ0v) is 19.6. The number of fused-ring (bicyclic) bond motifs is 1. The van der Waals surface area contributed by atoms with Crippen LogP contribution in [0.2, 0.25) is 0 Å². The van der Waals surface area contributed by atoms with Gasteiger partial charge in [-0.3, -0.25) is 23.7 Å². The van der Waals surface area contributed by atoms with Crippen molar-refractivity contribution in [2.75, 3.05) is 11.9 Å². The fourth-order valence-corrected chi connectivity index (χ4v) is 3.82. The van der Waals surface area contributed by atoms with Crippen LogP contribution in [0.25, 0.3) is 11.2 Å². The first-order valence-corrected chi connectivity index (χ1v) is 10.9. The first kappa shape index (κ1) is 24.7. The highest BCUT2D eigenvalue weighted by molar-refractivity contribution is 6.06. The molecule has 13 heteroatoms. The van der Waals surface area contributed by atoms with E-state index in [-0.39, 0.29) is 23.6 Å². The molecule has 3 heterocycles. The Balaban J connectivity index is 1.68. The van der Waals surface area contributed by atoms with Gasteiger partial charge in [-0.15, -0.1) is 0 Å². The van der Waals surface area contributed by atoms with E-state index in [1.165, 1.54) is 38.0 Å². The van der Waals surface area contributed by atoms with Crippen molar-refractivity contribution in [1.82, 2.24) is 19.5 Å². The van der Waals surface area contributed by atoms with Gasteiger partial charge in [0.1, 0.15) is 19.0 Å². The topological polar surface area (TPSA) is 161 Å². The van der Waals surface area contributed by atoms with Crippen LogP contribution in [0, 0.1) is 0 Å². The van der Waals surface area contributed by atoms with E-state index in [1.807, 2.05) is 0 Å². The minimum Gasteiger partial charge on any atom is -0.463 e. The summed E-state index contributed by atoms with van der Waals surface area (Å²) >= 11 is 0. The number of aromatic nitrogens is 4. The number of carbonyl (C=O) groups is 4. The Kier molecular flexibility index (Phi) is 7.20. The van der Waals surface area contributed by atoms with Crippen molar-refractivity contribution in [3.8, 4) is 0 Å². The van der Waals surface area contributed by atoms with E-state index in [0.717, 1.165) is 0 Å². The summed E-state index contributed by atoms with van der Waals surface area (Å²) in [6, 6.07) is 8.57. The number of ether oxygens (including phenoxy) is 4. The maximum Gasteiger partial charge on any atom is 0.303 e. The zero-order valence-electron chi connectivity index (χ0n) is 19.6. The van der Waals surface area contributed by atoms with E-state index in [9.17, 15) is 19.2 Å². The quantitative estimate of drug-likeness (QED) is 0.371. The summed E-state index contributed by atoms with van der Waals surface area (Å²) in [5.74, 6) is -2.09. The number of amides is 1. The van der Waals surface area contributed by atoms with Gasteiger partial charge in [-0.1, -0.05) is 18.2 Å². The molecule has 0 aliphatic carbocycles. The number of hydrogen-bond donors (Lipinski definition) is 1. The van der Waals surface area contributed by atoms with Crippen LogP contribution in [0.1, 0.15) is 37.4 Å². The van der Waals surface area contributed by atoms with Crippen LogP contribution >= 0.6 is 0 Å². The fraction of sp³-hybridized carbons (Fsp3) is 0.348. The summed E-state index contributed by atoms with van der Waals surface area (Å²) in [4.78, 5) is 60.4. The second-order valence-corrected chi connectivity index (χ2v) is 7.88. The fourth-order valence-electron chi connectivity index (χ4n) is 3.82. The zero-order chi connectivity index (χ0) is 25.8. The molecule has 0 unspecified atom stereocenters. The molecule has 0 spiro atoms. The summed E-state index contributed by atoms with van der Waals surface area (Å²) in [6.45, 7) is 3.37. The molecule has 1 saturated heterocycles. The lowest BCUT2D eigenvalue weighted by Crippen LogP contribution is -2.40. The van der Waals surface area contributed by atoms with Gasteiger partial charge < -0.3 is 24.3 Å². The Hall–Kier alpha value is -4.39. The Morgan fingerprint density at radius 3 is 2.31 bits per heavy atom. The van der Waals surface area contributed by atoms with Gasteiger partial charge in [0.05, 0.1) is 6.33 Å². The number of rotatable bonds is 7. The predicted octanol–water partition coefficient (Wildman–Crippen LogP) is 1.40. The smallest absolute Gasteiger partial charge is 0.303 e. The molecule has 1 aromatic carbocycles. The van der Waals surface area contributed by atoms with Gasteiger partial charge in [-0.05, 0) is 12.1 Å². The van der Waals surface area contributed by atoms with Crippen LogP contribution in [0.15, 0.2) is 43.0 Å². The number of anilines is 1. The number of imidazole rings is 1. The number of esters is 3. The van der Waals surface area contributed by atoms with Crippen molar-refractivity contribution in [2.45, 2.75) is 45.3 Å². The maximum absolute atomic E-state index is 12.6. The summed E-state index contributed by atoms with van der Waals surface area (Å²) in [6.07, 6.45) is -1.57. The summed E-state index contributed by atoms with van der Waals surface area (Å²) in [5.41, 5.74) is 0.930. The molecule has 2 aromatic heterocycles. The van der Waals surface area contributed by atoms with Gasteiger partial charge in [0.25, 0.3) is 5.91 Å². The first-order valence-electron chi connectivity index (χ1n) is 10.9. The van der Waals surface area contributed by atoms with E-state index in [1.54, 1.807) is 30.3 Å². The van der Waals surface area contributed by atoms with Crippen LogP contribution in [0.3, 0.4) is 0 Å². The molecular weight excluding hydrogens is 474 g/mol. The highest BCUT2D eigenvalue weighted by Gasteiger charge is 2.51. The SMILES string of the molecule is CC(=O)OC[C@@H]1O[C@H](n2cnc3c(NC(=O)c4ccccc4)ncnc32)[C@@H](OC(C)=O)[C@H]1OC(C)=O. The molecule has 13 nitrogen and oxygen atoms in total. The third kappa shape index (κ3) is 5.30. The molecule has 1 aliphatic heterocycles. The lowest BCUT2D eigenvalue weighted by atomic mass is 10.1. The van der Waals surface area contributed by atoms with Crippen LogP contribution < -0.4 is 5.32 Å². The predicted molar refractivity (Wildman–Crippen MR) is 121 cm³/mol. The van der Waals surface area contributed by atoms with Crippen LogP contribution in [0.4, 0.5) is 5.82 Å². The number of nitrogens with one attached hydrogen (secondary N) is 1. The minimum atomic E-state index is -1.11. The van der Waals surface area contributed by atoms with Crippen LogP contribution in [-0.4, -0.2) is 68.3 Å². The summed E-state index contributed by atoms with van der Waals surface area (Å²) in [7, 11) is 0. The number of benzene rings is 1. The van der Waals surface area contributed by atoms with E-state index < -0.39 is 48.4 Å². The molecular formula is C23H23N5O8. The second-order valence-electron chi connectivity index (χ2n) is 7.88. The van der Waals surface area contributed by atoms with Gasteiger partial charge in [-0.2, -0.15) is 0 Å². The molecule has 1 aliphatic rings. The van der Waals surface area contributed by atoms with Crippen molar-refractivity contribution in [2.24, 2.45) is 0 Å². The van der Waals surface area contributed by atoms with Gasteiger partial charge >= 0.3 is 17.9 Å². The molecule has 4 rings (SSSR count). The minimum absolute atomic E-state index is 0.155. The van der Waals surface area contributed by atoms with E-state index in [2.05, 4.69) is 20.3 Å². The van der Waals surface area contributed by atoms with Crippen LogP contribution in [0.5, 0.6) is 0 Å². The molecule has 36 heavy (non-hydrogen) atoms. The highest BCUT2D eigenvalue weighted by atomic mass is 16.7. The van der Waals surface area contributed by atoms with Gasteiger partial charge in [0.15, 0.2) is 35.4 Å². The first-order chi connectivity index (χ1) is 17.2. The molecule has 1 amide bonds. The molecule has 0 bridgehead atoms. The van der Waals surface area contributed by atoms with Gasteiger partial charge in [0.2, 0.25) is 0 Å². The Morgan fingerprint density at radius 2 is 1.64 bits per heavy atom. The van der Waals surface area contributed by atoms with Crippen molar-refractivity contribution >= 4 is 40.8 Å². The molecule has 0 radical (unpaired) electrons. The lowest BCUT2D eigenvalue weighted by Gasteiger charge is -2.23. The van der Waals surface area contributed by atoms with Crippen molar-refractivity contribution < 1.29 is 38.1 Å². The lowest BCUT2D eigenvalue weighted by molar-refractivity contribution is -0.166. The number of carbonyl (C=O) groups excluding carboxylic acids is 4. The molecule has 1 N–H and O–H groups in total. The van der Waals surface area contributed by atoms with Crippen molar-refractivity contribution in [1.29, 1.82) is 0 Å². The average Bonchev–Trinajstić information content (AvgIpc) is 3.40. The van der Waals surface area contributed by atoms with Gasteiger partial charge in [-0.25, -0.2) is 15.0 Å². The Bertz CT molecular complexity index is 1290. The second kappa shape index (κ2) is 10.5. The average molecular weight is 497 g/mol. The van der Waals surface area contributed by atoms with Crippen molar-refractivity contribution in [3.05, 3.63) is 48.5 Å². The van der Waals surface area contributed by atoms with E-state index in [0.29, 0.717) is 5.56 Å². The number of nitrogens with zero attached hydrogens (tertiary/aromatic N) is 4. The van der Waals surface area contributed by atoms with E-state index >= 15 is 0 Å². The molecule has 188 valence electrons. The standard InChI is InChI=1S/C23H23N5O8/c1-12(29)33-9-16-18(34-13(2)30)19(35-14(3)31)23(36-16)28-11-26-17-20(24-10-25-21(17)28)27-22(32)15-7-5-4-6-8-15/h4-8,10-11,16,18-19,23H,9H2,1-3H3,(H,24,25,27,32)/t16-,18-,19-,23-/m0/s1. The summed E-state index contributed by atoms with van der Waals surface area (Å²) in [5, 5.41) is 2.71. The van der Waals surface area contributed by atoms with Crippen molar-refractivity contribution in [3.63, 3.8) is 0 Å². The highest BCUT2D eigenvalue weighted by Crippen LogP contribution is 2.36. The number of hydrogen-bond acceptors (Lipinski definition) is 11. The molecule has 3 aromatic rings. The van der Waals surface area contributed by atoms with E-state index in [4.69, 9.17) is 18.9 Å². The Labute approximate surface area is 204 Å². The largest absolute Gasteiger partial charge is 0.463 e. The molecule has 1 fully saturated rings. The Morgan fingerprint density at radius 1 is 0.944 bits per heavy atom. The van der Waals surface area contributed by atoms with Gasteiger partial charge in [0, 0.05) is 26.3 Å². The van der Waals surface area contributed by atoms with Crippen LogP contribution in [-0.2, 0) is 33.3 Å². The monoisotopic (exact) mass is 497 g/mol. The summed E-state index contributed by atoms with van der Waals surface area (Å²) < 4.78 is 23.4. The normalized spacial score (nSPS) is 21.1. The maximum atomic E-state index is 12.6. The molecule has 0 saturated carbocycles. The third-order valence-electron chi connectivity index (χ3n) is 5.24. The molecule has 4 atom stereocenters.